The van der Waals surface area contributed by atoms with Crippen LogP contribution in [-0.4, -0.2) is 46.3 Å². The molecule has 1 heterocycles. The Bertz CT molecular complexity index is 1210. The number of halogens is 2. The summed E-state index contributed by atoms with van der Waals surface area (Å²) in [6.45, 7) is 1.40. The number of ether oxygens (including phenoxy) is 2. The van der Waals surface area contributed by atoms with E-state index in [1.807, 2.05) is 0 Å². The minimum absolute atomic E-state index is 0.142. The molecule has 6 rings (SSSR count). The zero-order valence-electron chi connectivity index (χ0n) is 20.6. The highest BCUT2D eigenvalue weighted by molar-refractivity contribution is 6.30. The quantitative estimate of drug-likeness (QED) is 0.495. The molecule has 1 aliphatic heterocycles. The van der Waals surface area contributed by atoms with Crippen molar-refractivity contribution in [1.29, 1.82) is 0 Å². The topological polar surface area (TPSA) is 105 Å². The number of aliphatic hydroxyl groups is 2. The summed E-state index contributed by atoms with van der Waals surface area (Å²) in [5.74, 6) is -0.143. The second-order valence-electron chi connectivity index (χ2n) is 10.8. The molecule has 2 aromatic rings. The average Bonchev–Trinajstić information content (AvgIpc) is 2.86. The number of carbonyl (C=O) groups excluding carboxylic acids is 2. The molecule has 1 amide bonds. The average molecular weight is 532 g/mol. The SMILES string of the molecule is Cc1ccc(OCC(=O)NC23CCC(CC(=O)[C@H]4C[C@@H](O)c5cc(Cl)ccc5O4)(CC2)[C@@H](O)C3)cc1F. The molecule has 3 N–H and O–H groups in total. The molecule has 3 saturated carbocycles. The summed E-state index contributed by atoms with van der Waals surface area (Å²) in [5, 5.41) is 25.2. The molecule has 2 bridgehead atoms. The number of ketones is 1. The molecule has 3 atom stereocenters. The lowest BCUT2D eigenvalue weighted by atomic mass is 9.54. The highest BCUT2D eigenvalue weighted by Gasteiger charge is 2.55. The predicted molar refractivity (Wildman–Crippen MR) is 134 cm³/mol. The maximum absolute atomic E-state index is 13.7. The lowest BCUT2D eigenvalue weighted by Gasteiger charge is -2.56. The van der Waals surface area contributed by atoms with E-state index >= 15 is 0 Å². The number of carbonyl (C=O) groups is 2. The molecule has 37 heavy (non-hydrogen) atoms. The zero-order valence-corrected chi connectivity index (χ0v) is 21.4. The van der Waals surface area contributed by atoms with Gasteiger partial charge < -0.3 is 25.0 Å². The van der Waals surface area contributed by atoms with Crippen LogP contribution in [0.2, 0.25) is 5.02 Å². The number of benzene rings is 2. The van der Waals surface area contributed by atoms with E-state index in [1.165, 1.54) is 6.07 Å². The van der Waals surface area contributed by atoms with Gasteiger partial charge in [-0.3, -0.25) is 9.59 Å². The van der Waals surface area contributed by atoms with Gasteiger partial charge in [-0.25, -0.2) is 4.39 Å². The van der Waals surface area contributed by atoms with E-state index in [9.17, 15) is 24.2 Å². The number of aliphatic hydroxyl groups excluding tert-OH is 2. The van der Waals surface area contributed by atoms with E-state index in [0.29, 0.717) is 54.0 Å². The first-order valence-electron chi connectivity index (χ1n) is 12.6. The molecule has 3 aliphatic carbocycles. The van der Waals surface area contributed by atoms with Crippen molar-refractivity contribution in [2.75, 3.05) is 6.61 Å². The number of Topliss-reactive ketones (excluding diaryl/α,β-unsaturated/α-hetero) is 1. The molecule has 198 valence electrons. The molecule has 0 spiro atoms. The van der Waals surface area contributed by atoms with E-state index in [2.05, 4.69) is 5.32 Å². The van der Waals surface area contributed by atoms with Crippen LogP contribution in [0.4, 0.5) is 4.39 Å². The lowest BCUT2D eigenvalue weighted by molar-refractivity contribution is -0.146. The van der Waals surface area contributed by atoms with Gasteiger partial charge >= 0.3 is 0 Å². The molecule has 7 nitrogen and oxygen atoms in total. The van der Waals surface area contributed by atoms with Crippen molar-refractivity contribution < 1.29 is 33.7 Å². The molecule has 0 unspecified atom stereocenters. The van der Waals surface area contributed by atoms with Crippen molar-refractivity contribution >= 4 is 23.3 Å². The second-order valence-corrected chi connectivity index (χ2v) is 11.2. The van der Waals surface area contributed by atoms with Crippen LogP contribution >= 0.6 is 11.6 Å². The molecule has 0 radical (unpaired) electrons. The van der Waals surface area contributed by atoms with Crippen LogP contribution in [0.1, 0.15) is 62.2 Å². The van der Waals surface area contributed by atoms with Crippen LogP contribution in [-0.2, 0) is 9.59 Å². The lowest BCUT2D eigenvalue weighted by Crippen LogP contribution is -2.63. The third-order valence-corrected chi connectivity index (χ3v) is 8.57. The first-order chi connectivity index (χ1) is 17.6. The Kier molecular flexibility index (Phi) is 6.94. The maximum atomic E-state index is 13.7. The Hall–Kier alpha value is -2.68. The molecule has 0 aromatic heterocycles. The minimum Gasteiger partial charge on any atom is -0.484 e. The Morgan fingerprint density at radius 1 is 1.16 bits per heavy atom. The van der Waals surface area contributed by atoms with Gasteiger partial charge in [-0.05, 0) is 68.9 Å². The van der Waals surface area contributed by atoms with E-state index < -0.39 is 35.1 Å². The van der Waals surface area contributed by atoms with Crippen LogP contribution in [0.3, 0.4) is 0 Å². The summed E-state index contributed by atoms with van der Waals surface area (Å²) in [6, 6.07) is 9.41. The van der Waals surface area contributed by atoms with Gasteiger partial charge in [0.1, 0.15) is 17.3 Å². The van der Waals surface area contributed by atoms with Crippen LogP contribution in [0.15, 0.2) is 36.4 Å². The van der Waals surface area contributed by atoms with Gasteiger partial charge in [0.25, 0.3) is 5.91 Å². The van der Waals surface area contributed by atoms with Crippen molar-refractivity contribution in [3.8, 4) is 11.5 Å². The first kappa shape index (κ1) is 25.9. The Morgan fingerprint density at radius 2 is 1.92 bits per heavy atom. The second kappa shape index (κ2) is 9.89. The molecule has 0 saturated heterocycles. The van der Waals surface area contributed by atoms with Crippen molar-refractivity contribution in [3.63, 3.8) is 0 Å². The number of hydrogen-bond donors (Lipinski definition) is 3. The molecular weight excluding hydrogens is 501 g/mol. The molecular formula is C28H31ClFNO6. The molecule has 2 aromatic carbocycles. The number of hydrogen-bond acceptors (Lipinski definition) is 6. The van der Waals surface area contributed by atoms with Gasteiger partial charge in [0.15, 0.2) is 18.5 Å². The van der Waals surface area contributed by atoms with E-state index in [0.717, 1.165) is 0 Å². The Morgan fingerprint density at radius 3 is 2.62 bits per heavy atom. The smallest absolute Gasteiger partial charge is 0.258 e. The van der Waals surface area contributed by atoms with Crippen molar-refractivity contribution in [3.05, 3.63) is 58.4 Å². The summed E-state index contributed by atoms with van der Waals surface area (Å²) < 4.78 is 25.1. The summed E-state index contributed by atoms with van der Waals surface area (Å²) in [5.41, 5.74) is -0.0633. The molecule has 3 fully saturated rings. The number of aryl methyl sites for hydroxylation is 1. The normalized spacial score (nSPS) is 30.2. The highest BCUT2D eigenvalue weighted by atomic mass is 35.5. The Labute approximate surface area is 219 Å². The summed E-state index contributed by atoms with van der Waals surface area (Å²) >= 11 is 6.02. The highest BCUT2D eigenvalue weighted by Crippen LogP contribution is 2.54. The van der Waals surface area contributed by atoms with E-state index in [-0.39, 0.29) is 36.9 Å². The predicted octanol–water partition coefficient (Wildman–Crippen LogP) is 4.19. The van der Waals surface area contributed by atoms with Crippen molar-refractivity contribution in [2.24, 2.45) is 5.41 Å². The number of rotatable bonds is 7. The Balaban J connectivity index is 1.17. The third-order valence-electron chi connectivity index (χ3n) is 8.33. The van der Waals surface area contributed by atoms with Crippen molar-refractivity contribution in [1.82, 2.24) is 5.32 Å². The van der Waals surface area contributed by atoms with Gasteiger partial charge in [-0.15, -0.1) is 0 Å². The third kappa shape index (κ3) is 5.19. The summed E-state index contributed by atoms with van der Waals surface area (Å²) in [4.78, 5) is 25.9. The first-order valence-corrected chi connectivity index (χ1v) is 13.0. The van der Waals surface area contributed by atoms with Crippen molar-refractivity contribution in [2.45, 2.75) is 75.7 Å². The van der Waals surface area contributed by atoms with Gasteiger partial charge in [0.05, 0.1) is 12.2 Å². The monoisotopic (exact) mass is 531 g/mol. The maximum Gasteiger partial charge on any atom is 0.258 e. The summed E-state index contributed by atoms with van der Waals surface area (Å²) in [7, 11) is 0. The minimum atomic E-state index is -0.849. The van der Waals surface area contributed by atoms with E-state index in [4.69, 9.17) is 21.1 Å². The van der Waals surface area contributed by atoms with Crippen LogP contribution < -0.4 is 14.8 Å². The fourth-order valence-corrected chi connectivity index (χ4v) is 6.22. The number of fused-ring (bicyclic) bond motifs is 4. The van der Waals surface area contributed by atoms with Crippen LogP contribution in [0.25, 0.3) is 0 Å². The van der Waals surface area contributed by atoms with E-state index in [1.54, 1.807) is 37.3 Å². The molecule has 9 heteroatoms. The van der Waals surface area contributed by atoms with Gasteiger partial charge in [0, 0.05) is 40.4 Å². The van der Waals surface area contributed by atoms with Gasteiger partial charge in [-0.1, -0.05) is 17.7 Å². The fraction of sp³-hybridized carbons (Fsp3) is 0.500. The summed E-state index contributed by atoms with van der Waals surface area (Å²) in [6.07, 6.45) is 0.698. The largest absolute Gasteiger partial charge is 0.484 e. The van der Waals surface area contributed by atoms with Gasteiger partial charge in [0.2, 0.25) is 0 Å². The zero-order chi connectivity index (χ0) is 26.4. The standard InChI is InChI=1S/C28H31ClFNO6/c1-16-2-4-18(11-20(16)30)36-15-26(35)31-28-8-6-27(7-9-28,25(34)14-28)13-22(33)24-12-21(32)19-10-17(29)3-5-23(19)37-24/h2-5,10-11,21,24-25,32,34H,6-9,12-15H2,1H3,(H,31,35)/t21-,24-,25+,27?,28?/m1/s1. The molecule has 4 aliphatic rings. The van der Waals surface area contributed by atoms with Crippen LogP contribution in [0, 0.1) is 18.2 Å². The van der Waals surface area contributed by atoms with Crippen LogP contribution in [0.5, 0.6) is 11.5 Å². The number of nitrogens with one attached hydrogen (secondary N) is 1. The fourth-order valence-electron chi connectivity index (χ4n) is 6.04. The number of amides is 1. The van der Waals surface area contributed by atoms with Gasteiger partial charge in [-0.2, -0.15) is 0 Å².